The van der Waals surface area contributed by atoms with Crippen LogP contribution in [0.15, 0.2) is 0 Å². The first-order valence-electron chi connectivity index (χ1n) is 4.72. The first-order valence-corrected chi connectivity index (χ1v) is 6.33. The lowest BCUT2D eigenvalue weighted by molar-refractivity contribution is 0.135. The molecular formula is C8H19ClN2O3S. The Morgan fingerprint density at radius 1 is 1.60 bits per heavy atom. The average molecular weight is 259 g/mol. The van der Waals surface area contributed by atoms with Crippen molar-refractivity contribution < 1.29 is 13.2 Å². The van der Waals surface area contributed by atoms with Crippen LogP contribution in [0, 0.1) is 0 Å². The van der Waals surface area contributed by atoms with E-state index in [2.05, 4.69) is 0 Å². The van der Waals surface area contributed by atoms with Crippen molar-refractivity contribution in [3.8, 4) is 0 Å². The van der Waals surface area contributed by atoms with E-state index in [1.165, 1.54) is 11.4 Å². The van der Waals surface area contributed by atoms with Crippen molar-refractivity contribution in [3.63, 3.8) is 0 Å². The van der Waals surface area contributed by atoms with E-state index in [0.29, 0.717) is 13.1 Å². The van der Waals surface area contributed by atoms with Gasteiger partial charge in [-0.05, 0) is 13.3 Å². The predicted molar refractivity (Wildman–Crippen MR) is 61.7 cm³/mol. The Labute approximate surface area is 97.4 Å². The molecule has 0 aromatic rings. The van der Waals surface area contributed by atoms with Crippen LogP contribution in [0.2, 0.25) is 0 Å². The van der Waals surface area contributed by atoms with Crippen molar-refractivity contribution in [2.45, 2.75) is 25.5 Å². The molecule has 2 atom stereocenters. The first kappa shape index (κ1) is 15.1. The van der Waals surface area contributed by atoms with Crippen LogP contribution in [0.1, 0.15) is 13.3 Å². The Balaban J connectivity index is 0.00000196. The molecule has 1 heterocycles. The molecule has 1 rings (SSSR count). The molecule has 1 aliphatic rings. The Morgan fingerprint density at radius 3 is 2.60 bits per heavy atom. The molecule has 0 aromatic carbocycles. The maximum atomic E-state index is 11.7. The SMILES string of the molecule is COC(C)CS(=O)(=O)N1CCC(N)C1.Cl. The highest BCUT2D eigenvalue weighted by Gasteiger charge is 2.30. The van der Waals surface area contributed by atoms with E-state index in [4.69, 9.17) is 10.5 Å². The Kier molecular flexibility index (Phi) is 6.05. The average Bonchev–Trinajstić information content (AvgIpc) is 2.51. The molecule has 2 N–H and O–H groups in total. The third kappa shape index (κ3) is 4.24. The summed E-state index contributed by atoms with van der Waals surface area (Å²) in [6, 6.07) is -0.0115. The number of halogens is 1. The molecule has 0 bridgehead atoms. The lowest BCUT2D eigenvalue weighted by atomic mass is 10.3. The Hall–Kier alpha value is 0.120. The van der Waals surface area contributed by atoms with Crippen LogP contribution in [0.5, 0.6) is 0 Å². The molecular weight excluding hydrogens is 240 g/mol. The van der Waals surface area contributed by atoms with Gasteiger partial charge in [-0.25, -0.2) is 12.7 Å². The zero-order valence-corrected chi connectivity index (χ0v) is 10.7. The summed E-state index contributed by atoms with van der Waals surface area (Å²) in [5.74, 6) is 0.0379. The van der Waals surface area contributed by atoms with Gasteiger partial charge in [-0.3, -0.25) is 0 Å². The molecule has 2 unspecified atom stereocenters. The largest absolute Gasteiger partial charge is 0.381 e. The molecule has 0 saturated carbocycles. The molecule has 5 nitrogen and oxygen atoms in total. The Morgan fingerprint density at radius 2 is 2.20 bits per heavy atom. The minimum atomic E-state index is -3.18. The summed E-state index contributed by atoms with van der Waals surface area (Å²) in [5.41, 5.74) is 5.65. The number of methoxy groups -OCH3 is 1. The van der Waals surface area contributed by atoms with Gasteiger partial charge in [-0.1, -0.05) is 0 Å². The summed E-state index contributed by atoms with van der Waals surface area (Å²) in [7, 11) is -1.67. The van der Waals surface area contributed by atoms with E-state index in [-0.39, 0.29) is 30.3 Å². The summed E-state index contributed by atoms with van der Waals surface area (Å²) in [6.07, 6.45) is 0.484. The second kappa shape index (κ2) is 6.00. The van der Waals surface area contributed by atoms with Crippen molar-refractivity contribution in [1.29, 1.82) is 0 Å². The van der Waals surface area contributed by atoms with Gasteiger partial charge in [0.15, 0.2) is 0 Å². The van der Waals surface area contributed by atoms with Crippen molar-refractivity contribution >= 4 is 22.4 Å². The molecule has 15 heavy (non-hydrogen) atoms. The number of sulfonamides is 1. The molecule has 0 spiro atoms. The van der Waals surface area contributed by atoms with Gasteiger partial charge in [0.2, 0.25) is 10.0 Å². The van der Waals surface area contributed by atoms with Crippen molar-refractivity contribution in [1.82, 2.24) is 4.31 Å². The maximum Gasteiger partial charge on any atom is 0.216 e. The third-order valence-electron chi connectivity index (χ3n) is 2.43. The summed E-state index contributed by atoms with van der Waals surface area (Å²) >= 11 is 0. The summed E-state index contributed by atoms with van der Waals surface area (Å²) in [5, 5.41) is 0. The fourth-order valence-corrected chi connectivity index (χ4v) is 3.22. The van der Waals surface area contributed by atoms with Crippen LogP contribution in [0.3, 0.4) is 0 Å². The predicted octanol–water partition coefficient (Wildman–Crippen LogP) is -0.194. The van der Waals surface area contributed by atoms with Crippen LogP contribution < -0.4 is 5.73 Å². The number of nitrogens with zero attached hydrogens (tertiary/aromatic N) is 1. The normalized spacial score (nSPS) is 24.9. The van der Waals surface area contributed by atoms with Gasteiger partial charge in [-0.15, -0.1) is 12.4 Å². The summed E-state index contributed by atoms with van der Waals surface area (Å²) < 4.78 is 29.9. The molecule has 0 aliphatic carbocycles. The summed E-state index contributed by atoms with van der Waals surface area (Å²) in [4.78, 5) is 0. The molecule has 7 heteroatoms. The van der Waals surface area contributed by atoms with Gasteiger partial charge in [0.05, 0.1) is 11.9 Å². The van der Waals surface area contributed by atoms with Crippen LogP contribution in [-0.4, -0.2) is 50.8 Å². The van der Waals surface area contributed by atoms with Crippen molar-refractivity contribution in [2.75, 3.05) is 26.0 Å². The lowest BCUT2D eigenvalue weighted by Crippen LogP contribution is -2.36. The highest BCUT2D eigenvalue weighted by atomic mass is 35.5. The topological polar surface area (TPSA) is 72.6 Å². The highest BCUT2D eigenvalue weighted by Crippen LogP contribution is 2.13. The van der Waals surface area contributed by atoms with E-state index in [0.717, 1.165) is 6.42 Å². The van der Waals surface area contributed by atoms with Gasteiger partial charge in [0.1, 0.15) is 0 Å². The van der Waals surface area contributed by atoms with Gasteiger partial charge in [-0.2, -0.15) is 0 Å². The highest BCUT2D eigenvalue weighted by molar-refractivity contribution is 7.89. The zero-order chi connectivity index (χ0) is 10.8. The van der Waals surface area contributed by atoms with Gasteiger partial charge >= 0.3 is 0 Å². The summed E-state index contributed by atoms with van der Waals surface area (Å²) in [6.45, 7) is 2.73. The second-order valence-corrected chi connectivity index (χ2v) is 5.75. The molecule has 1 saturated heterocycles. The molecule has 1 fully saturated rings. The van der Waals surface area contributed by atoms with Crippen molar-refractivity contribution in [2.24, 2.45) is 5.73 Å². The maximum absolute atomic E-state index is 11.7. The molecule has 1 aliphatic heterocycles. The first-order chi connectivity index (χ1) is 6.45. The van der Waals surface area contributed by atoms with Gasteiger partial charge in [0.25, 0.3) is 0 Å². The fourth-order valence-electron chi connectivity index (χ4n) is 1.48. The van der Waals surface area contributed by atoms with E-state index >= 15 is 0 Å². The quantitative estimate of drug-likeness (QED) is 0.759. The minimum absolute atomic E-state index is 0. The minimum Gasteiger partial charge on any atom is -0.381 e. The number of nitrogens with two attached hydrogens (primary N) is 1. The molecule has 92 valence electrons. The number of hydrogen-bond donors (Lipinski definition) is 1. The molecule has 0 amide bonds. The third-order valence-corrected chi connectivity index (χ3v) is 4.44. The van der Waals surface area contributed by atoms with Crippen LogP contribution in [0.25, 0.3) is 0 Å². The van der Waals surface area contributed by atoms with Gasteiger partial charge in [0, 0.05) is 26.2 Å². The molecule has 0 radical (unpaired) electrons. The smallest absolute Gasteiger partial charge is 0.216 e. The van der Waals surface area contributed by atoms with Gasteiger partial charge < -0.3 is 10.5 Å². The van der Waals surface area contributed by atoms with E-state index in [1.54, 1.807) is 6.92 Å². The van der Waals surface area contributed by atoms with Crippen LogP contribution >= 0.6 is 12.4 Å². The fraction of sp³-hybridized carbons (Fsp3) is 1.00. The van der Waals surface area contributed by atoms with E-state index in [1.807, 2.05) is 0 Å². The van der Waals surface area contributed by atoms with E-state index < -0.39 is 10.0 Å². The standard InChI is InChI=1S/C8H18N2O3S.ClH/c1-7(13-2)6-14(11,12)10-4-3-8(9)5-10;/h7-8H,3-6,9H2,1-2H3;1H. The molecule has 0 aromatic heterocycles. The number of rotatable bonds is 4. The van der Waals surface area contributed by atoms with Crippen LogP contribution in [0.4, 0.5) is 0 Å². The van der Waals surface area contributed by atoms with Crippen molar-refractivity contribution in [3.05, 3.63) is 0 Å². The number of hydrogen-bond acceptors (Lipinski definition) is 4. The Bertz CT molecular complexity index is 284. The monoisotopic (exact) mass is 258 g/mol. The zero-order valence-electron chi connectivity index (χ0n) is 9.05. The second-order valence-electron chi connectivity index (χ2n) is 3.73. The number of ether oxygens (including phenoxy) is 1. The lowest BCUT2D eigenvalue weighted by Gasteiger charge is -2.18. The van der Waals surface area contributed by atoms with Crippen LogP contribution in [-0.2, 0) is 14.8 Å². The van der Waals surface area contributed by atoms with E-state index in [9.17, 15) is 8.42 Å².